The molecule has 0 saturated carbocycles. The van der Waals surface area contributed by atoms with Gasteiger partial charge in [0, 0.05) is 0 Å². The van der Waals surface area contributed by atoms with E-state index in [2.05, 4.69) is 32.9 Å². The van der Waals surface area contributed by atoms with Crippen molar-refractivity contribution in [1.29, 1.82) is 0 Å². The summed E-state index contributed by atoms with van der Waals surface area (Å²) >= 11 is 0. The quantitative estimate of drug-likeness (QED) is 0.387. The Hall–Kier alpha value is -0.850. The fourth-order valence-corrected chi connectivity index (χ4v) is 2.16. The SMILES string of the molecule is CC/C(C=O)=C\CC1CC=C(C)C1(C)C. The van der Waals surface area contributed by atoms with Gasteiger partial charge in [-0.25, -0.2) is 0 Å². The van der Waals surface area contributed by atoms with E-state index in [-0.39, 0.29) is 0 Å². The zero-order chi connectivity index (χ0) is 11.5. The third-order valence-electron chi connectivity index (χ3n) is 3.97. The van der Waals surface area contributed by atoms with Crippen molar-refractivity contribution >= 4 is 6.29 Å². The molecule has 1 atom stereocenters. The highest BCUT2D eigenvalue weighted by Gasteiger charge is 2.33. The van der Waals surface area contributed by atoms with Crippen molar-refractivity contribution in [2.24, 2.45) is 11.3 Å². The number of aldehydes is 1. The molecule has 1 rings (SSSR count). The Morgan fingerprint density at radius 3 is 2.67 bits per heavy atom. The normalized spacial score (nSPS) is 25.2. The molecule has 0 N–H and O–H groups in total. The predicted molar refractivity (Wildman–Crippen MR) is 64.7 cm³/mol. The molecular weight excluding hydrogens is 184 g/mol. The van der Waals surface area contributed by atoms with E-state index >= 15 is 0 Å². The molecule has 0 saturated heterocycles. The van der Waals surface area contributed by atoms with Crippen molar-refractivity contribution in [3.8, 4) is 0 Å². The molecule has 0 heterocycles. The van der Waals surface area contributed by atoms with Crippen molar-refractivity contribution in [3.63, 3.8) is 0 Å². The van der Waals surface area contributed by atoms with Gasteiger partial charge in [0.05, 0.1) is 0 Å². The fraction of sp³-hybridized carbons (Fsp3) is 0.643. The molecule has 0 fully saturated rings. The molecule has 1 aliphatic carbocycles. The number of carbonyl (C=O) groups excluding carboxylic acids is 1. The van der Waals surface area contributed by atoms with Gasteiger partial charge in [0.2, 0.25) is 0 Å². The van der Waals surface area contributed by atoms with E-state index in [4.69, 9.17) is 0 Å². The van der Waals surface area contributed by atoms with Crippen molar-refractivity contribution < 1.29 is 4.79 Å². The van der Waals surface area contributed by atoms with Gasteiger partial charge in [-0.2, -0.15) is 0 Å². The highest BCUT2D eigenvalue weighted by atomic mass is 16.1. The van der Waals surface area contributed by atoms with E-state index in [0.29, 0.717) is 11.3 Å². The van der Waals surface area contributed by atoms with Gasteiger partial charge in [0.1, 0.15) is 6.29 Å². The number of rotatable bonds is 4. The van der Waals surface area contributed by atoms with Gasteiger partial charge in [0.15, 0.2) is 0 Å². The molecule has 0 spiro atoms. The minimum absolute atomic E-state index is 0.304. The lowest BCUT2D eigenvalue weighted by atomic mass is 9.76. The van der Waals surface area contributed by atoms with Crippen LogP contribution in [0.5, 0.6) is 0 Å². The highest BCUT2D eigenvalue weighted by Crippen LogP contribution is 2.44. The van der Waals surface area contributed by atoms with Crippen molar-refractivity contribution in [2.75, 3.05) is 0 Å². The standard InChI is InChI=1S/C14H22O/c1-5-12(10-15)7-9-13-8-6-11(2)14(13,3)4/h6-7,10,13H,5,8-9H2,1-4H3/b12-7+. The van der Waals surface area contributed by atoms with Gasteiger partial charge in [-0.3, -0.25) is 4.79 Å². The largest absolute Gasteiger partial charge is 0.298 e. The molecular formula is C14H22O. The van der Waals surface area contributed by atoms with E-state index in [1.54, 1.807) is 0 Å². The fourth-order valence-electron chi connectivity index (χ4n) is 2.16. The number of hydrogen-bond donors (Lipinski definition) is 0. The number of carbonyl (C=O) groups is 1. The molecule has 0 aromatic carbocycles. The second-order valence-electron chi connectivity index (χ2n) is 5.03. The first-order valence-electron chi connectivity index (χ1n) is 5.83. The van der Waals surface area contributed by atoms with Crippen LogP contribution in [0.3, 0.4) is 0 Å². The molecule has 0 amide bonds. The van der Waals surface area contributed by atoms with Crippen LogP contribution in [0, 0.1) is 11.3 Å². The van der Waals surface area contributed by atoms with Crippen molar-refractivity contribution in [2.45, 2.75) is 47.0 Å². The minimum atomic E-state index is 0.304. The summed E-state index contributed by atoms with van der Waals surface area (Å²) in [6, 6.07) is 0. The van der Waals surface area contributed by atoms with Crippen molar-refractivity contribution in [1.82, 2.24) is 0 Å². The lowest BCUT2D eigenvalue weighted by Crippen LogP contribution is -2.19. The van der Waals surface area contributed by atoms with Crippen LogP contribution in [-0.2, 0) is 4.79 Å². The average molecular weight is 206 g/mol. The maximum Gasteiger partial charge on any atom is 0.145 e. The van der Waals surface area contributed by atoms with Gasteiger partial charge in [-0.15, -0.1) is 0 Å². The lowest BCUT2D eigenvalue weighted by Gasteiger charge is -2.29. The van der Waals surface area contributed by atoms with Crippen LogP contribution in [0.25, 0.3) is 0 Å². The molecule has 1 heteroatoms. The van der Waals surface area contributed by atoms with E-state index < -0.39 is 0 Å². The van der Waals surface area contributed by atoms with E-state index in [1.165, 1.54) is 5.57 Å². The Morgan fingerprint density at radius 2 is 2.27 bits per heavy atom. The topological polar surface area (TPSA) is 17.1 Å². The maximum atomic E-state index is 10.7. The Balaban J connectivity index is 2.63. The van der Waals surface area contributed by atoms with Crippen LogP contribution < -0.4 is 0 Å². The summed E-state index contributed by atoms with van der Waals surface area (Å²) in [7, 11) is 0. The zero-order valence-corrected chi connectivity index (χ0v) is 10.3. The molecule has 0 aromatic heterocycles. The lowest BCUT2D eigenvalue weighted by molar-refractivity contribution is -0.105. The Labute approximate surface area is 93.3 Å². The third-order valence-corrected chi connectivity index (χ3v) is 3.97. The smallest absolute Gasteiger partial charge is 0.145 e. The van der Waals surface area contributed by atoms with Gasteiger partial charge < -0.3 is 0 Å². The summed E-state index contributed by atoms with van der Waals surface area (Å²) < 4.78 is 0. The van der Waals surface area contributed by atoms with Crippen LogP contribution >= 0.6 is 0 Å². The molecule has 0 bridgehead atoms. The Bertz CT molecular complexity index is 294. The molecule has 1 aliphatic rings. The second kappa shape index (κ2) is 4.78. The molecule has 0 aliphatic heterocycles. The van der Waals surface area contributed by atoms with Crippen LogP contribution in [0.1, 0.15) is 47.0 Å². The van der Waals surface area contributed by atoms with Crippen LogP contribution in [-0.4, -0.2) is 6.29 Å². The van der Waals surface area contributed by atoms with Crippen LogP contribution in [0.4, 0.5) is 0 Å². The summed E-state index contributed by atoms with van der Waals surface area (Å²) in [5, 5.41) is 0. The van der Waals surface area contributed by atoms with E-state index in [1.807, 2.05) is 6.92 Å². The van der Waals surface area contributed by atoms with Crippen molar-refractivity contribution in [3.05, 3.63) is 23.3 Å². The summed E-state index contributed by atoms with van der Waals surface area (Å²) in [6.45, 7) is 8.85. The molecule has 1 nitrogen and oxygen atoms in total. The summed E-state index contributed by atoms with van der Waals surface area (Å²) in [6.07, 6.45) is 8.48. The van der Waals surface area contributed by atoms with E-state index in [9.17, 15) is 4.79 Å². The van der Waals surface area contributed by atoms with Gasteiger partial charge in [-0.1, -0.05) is 38.5 Å². The first-order valence-corrected chi connectivity index (χ1v) is 5.83. The van der Waals surface area contributed by atoms with Gasteiger partial charge in [0.25, 0.3) is 0 Å². The maximum absolute atomic E-state index is 10.7. The Kier molecular flexibility index (Phi) is 3.90. The van der Waals surface area contributed by atoms with E-state index in [0.717, 1.165) is 31.1 Å². The summed E-state index contributed by atoms with van der Waals surface area (Å²) in [5.74, 6) is 0.666. The number of allylic oxidation sites excluding steroid dienone is 4. The third kappa shape index (κ3) is 2.58. The second-order valence-corrected chi connectivity index (χ2v) is 5.03. The molecule has 15 heavy (non-hydrogen) atoms. The zero-order valence-electron chi connectivity index (χ0n) is 10.3. The first kappa shape index (κ1) is 12.2. The van der Waals surface area contributed by atoms with Crippen LogP contribution in [0.2, 0.25) is 0 Å². The van der Waals surface area contributed by atoms with Crippen LogP contribution in [0.15, 0.2) is 23.3 Å². The number of hydrogen-bond acceptors (Lipinski definition) is 1. The average Bonchev–Trinajstić information content (AvgIpc) is 2.45. The molecule has 1 unspecified atom stereocenters. The summed E-state index contributed by atoms with van der Waals surface area (Å²) in [4.78, 5) is 10.7. The molecule has 0 radical (unpaired) electrons. The predicted octanol–water partition coefficient (Wildman–Crippen LogP) is 3.90. The molecule has 0 aromatic rings. The molecule has 84 valence electrons. The first-order chi connectivity index (χ1) is 7.02. The Morgan fingerprint density at radius 1 is 1.60 bits per heavy atom. The minimum Gasteiger partial charge on any atom is -0.298 e. The summed E-state index contributed by atoms with van der Waals surface area (Å²) in [5.41, 5.74) is 2.73. The highest BCUT2D eigenvalue weighted by molar-refractivity contribution is 5.72. The monoisotopic (exact) mass is 206 g/mol. The van der Waals surface area contributed by atoms with Gasteiger partial charge in [-0.05, 0) is 43.1 Å². The van der Waals surface area contributed by atoms with Gasteiger partial charge >= 0.3 is 0 Å².